The van der Waals surface area contributed by atoms with Crippen molar-refractivity contribution in [2.24, 2.45) is 0 Å². The summed E-state index contributed by atoms with van der Waals surface area (Å²) in [5.41, 5.74) is 0.890. The number of aromatic nitrogens is 4. The van der Waals surface area contributed by atoms with Gasteiger partial charge in [-0.3, -0.25) is 0 Å². The van der Waals surface area contributed by atoms with E-state index in [2.05, 4.69) is 20.4 Å². The van der Waals surface area contributed by atoms with E-state index in [9.17, 15) is 0 Å². The first-order valence-electron chi connectivity index (χ1n) is 8.09. The van der Waals surface area contributed by atoms with Crippen LogP contribution in [0.15, 0.2) is 24.3 Å². The summed E-state index contributed by atoms with van der Waals surface area (Å²) >= 11 is 5.53. The van der Waals surface area contributed by atoms with Crippen LogP contribution in [0.3, 0.4) is 0 Å². The fraction of sp³-hybridized carbons (Fsp3) is 0.529. The molecule has 0 spiro atoms. The molecule has 0 unspecified atom stereocenters. The van der Waals surface area contributed by atoms with E-state index in [0.717, 1.165) is 10.8 Å². The topological polar surface area (TPSA) is 60.8 Å². The van der Waals surface area contributed by atoms with Crippen LogP contribution in [0.2, 0.25) is 15.4 Å². The molecule has 0 aliphatic rings. The van der Waals surface area contributed by atoms with Crippen LogP contribution in [-0.4, -0.2) is 28.8 Å². The minimum Gasteiger partial charge on any atom is -0.456 e. The van der Waals surface area contributed by atoms with Crippen LogP contribution in [-0.2, 0) is 6.61 Å². The van der Waals surface area contributed by atoms with Crippen molar-refractivity contribution < 1.29 is 8.84 Å². The molecule has 8 heteroatoms. The van der Waals surface area contributed by atoms with E-state index in [0.29, 0.717) is 0 Å². The summed E-state index contributed by atoms with van der Waals surface area (Å²) in [6.45, 7) is 12.2. The lowest BCUT2D eigenvalue weighted by Gasteiger charge is -2.44. The van der Waals surface area contributed by atoms with Crippen molar-refractivity contribution in [2.45, 2.75) is 58.2 Å². The first-order chi connectivity index (χ1) is 11.4. The minimum atomic E-state index is -3.24. The number of benzene rings is 1. The highest BCUT2D eigenvalue weighted by atomic mass is 35.5. The molecule has 1 heterocycles. The SMILES string of the molecule is CC(C)(C)[Si](F)(c1ccc(COc2nnc(Cl)nn2)cc1)C(C)(C)C. The Labute approximate surface area is 154 Å². The van der Waals surface area contributed by atoms with Crippen molar-refractivity contribution in [3.05, 3.63) is 35.1 Å². The molecule has 136 valence electrons. The summed E-state index contributed by atoms with van der Waals surface area (Å²) in [6.07, 6.45) is 0. The highest BCUT2D eigenvalue weighted by Crippen LogP contribution is 2.51. The van der Waals surface area contributed by atoms with Gasteiger partial charge in [-0.2, -0.15) is 0 Å². The predicted octanol–water partition coefficient (Wildman–Crippen LogP) is 4.22. The molecule has 1 aromatic carbocycles. The smallest absolute Gasteiger partial charge is 0.355 e. The number of halogens is 2. The van der Waals surface area contributed by atoms with Crippen LogP contribution in [0.4, 0.5) is 4.11 Å². The standard InChI is InChI=1S/C17H24ClFN4OSi/c1-16(2,3)25(19,17(4,5)6)13-9-7-12(8-10-13)11-24-15-22-20-14(18)21-23-15/h7-10H,11H2,1-6H3. The van der Waals surface area contributed by atoms with E-state index in [1.54, 1.807) is 0 Å². The molecule has 1 aromatic heterocycles. The summed E-state index contributed by atoms with van der Waals surface area (Å²) in [4.78, 5) is 0. The Balaban J connectivity index is 2.19. The Morgan fingerprint density at radius 2 is 1.40 bits per heavy atom. The first-order valence-corrected chi connectivity index (χ1v) is 10.3. The van der Waals surface area contributed by atoms with Gasteiger partial charge in [0, 0.05) is 0 Å². The quantitative estimate of drug-likeness (QED) is 0.585. The average molecular weight is 383 g/mol. The summed E-state index contributed by atoms with van der Waals surface area (Å²) in [5.74, 6) is 0. The molecule has 2 aromatic rings. The van der Waals surface area contributed by atoms with Gasteiger partial charge in [-0.15, -0.1) is 10.2 Å². The molecule has 0 aliphatic carbocycles. The van der Waals surface area contributed by atoms with E-state index in [-0.39, 0.29) is 17.9 Å². The maximum absolute atomic E-state index is 16.2. The van der Waals surface area contributed by atoms with Crippen molar-refractivity contribution in [1.29, 1.82) is 0 Å². The highest BCUT2D eigenvalue weighted by molar-refractivity contribution is 6.90. The van der Waals surface area contributed by atoms with Crippen LogP contribution in [0.1, 0.15) is 47.1 Å². The van der Waals surface area contributed by atoms with E-state index in [1.807, 2.05) is 65.8 Å². The zero-order valence-corrected chi connectivity index (χ0v) is 17.2. The second kappa shape index (κ2) is 6.95. The predicted molar refractivity (Wildman–Crippen MR) is 99.3 cm³/mol. The lowest BCUT2D eigenvalue weighted by molar-refractivity contribution is 0.272. The third kappa shape index (κ3) is 4.15. The molecule has 0 saturated heterocycles. The number of ether oxygens (including phenoxy) is 1. The Hall–Kier alpha value is -1.60. The van der Waals surface area contributed by atoms with Gasteiger partial charge in [0.25, 0.3) is 13.7 Å². The van der Waals surface area contributed by atoms with E-state index >= 15 is 4.11 Å². The molecule has 0 bridgehead atoms. The molecule has 0 saturated carbocycles. The van der Waals surface area contributed by atoms with E-state index < -0.39 is 18.5 Å². The molecule has 0 radical (unpaired) electrons. The fourth-order valence-electron chi connectivity index (χ4n) is 3.24. The lowest BCUT2D eigenvalue weighted by atomic mass is 10.2. The van der Waals surface area contributed by atoms with Crippen LogP contribution in [0.5, 0.6) is 6.01 Å². The summed E-state index contributed by atoms with van der Waals surface area (Å²) < 4.78 is 21.6. The number of rotatable bonds is 4. The average Bonchev–Trinajstić information content (AvgIpc) is 2.52. The van der Waals surface area contributed by atoms with Crippen molar-refractivity contribution >= 4 is 25.2 Å². The molecule has 0 fully saturated rings. The van der Waals surface area contributed by atoms with Crippen molar-refractivity contribution in [3.8, 4) is 6.01 Å². The van der Waals surface area contributed by atoms with Gasteiger partial charge in [-0.25, -0.2) is 0 Å². The largest absolute Gasteiger partial charge is 0.456 e. The number of hydrogen-bond donors (Lipinski definition) is 0. The zero-order valence-electron chi connectivity index (χ0n) is 15.5. The maximum Gasteiger partial charge on any atom is 0.355 e. The van der Waals surface area contributed by atoms with Crippen molar-refractivity contribution in [1.82, 2.24) is 20.4 Å². The summed E-state index contributed by atoms with van der Waals surface area (Å²) in [6, 6.07) is 7.56. The normalized spacial score (nSPS) is 13.0. The fourth-order valence-corrected chi connectivity index (χ4v) is 7.92. The van der Waals surface area contributed by atoms with Gasteiger partial charge in [0.15, 0.2) is 0 Å². The van der Waals surface area contributed by atoms with Gasteiger partial charge in [-0.05, 0) is 32.4 Å². The monoisotopic (exact) mass is 382 g/mol. The van der Waals surface area contributed by atoms with E-state index in [4.69, 9.17) is 16.3 Å². The first kappa shape index (κ1) is 19.7. The molecule has 0 amide bonds. The maximum atomic E-state index is 16.2. The van der Waals surface area contributed by atoms with Gasteiger partial charge < -0.3 is 8.84 Å². The highest BCUT2D eigenvalue weighted by Gasteiger charge is 2.56. The van der Waals surface area contributed by atoms with Crippen LogP contribution in [0.25, 0.3) is 0 Å². The van der Waals surface area contributed by atoms with Gasteiger partial charge in [0.2, 0.25) is 0 Å². The second-order valence-corrected chi connectivity index (χ2v) is 13.3. The summed E-state index contributed by atoms with van der Waals surface area (Å²) in [7, 11) is -3.24. The molecule has 5 nitrogen and oxygen atoms in total. The number of hydrogen-bond acceptors (Lipinski definition) is 5. The molecular weight excluding hydrogens is 359 g/mol. The molecule has 0 aliphatic heterocycles. The van der Waals surface area contributed by atoms with Gasteiger partial charge in [-0.1, -0.05) is 76.0 Å². The molecular formula is C17H24ClFN4OSi. The van der Waals surface area contributed by atoms with Gasteiger partial charge in [0.05, 0.1) is 0 Å². The van der Waals surface area contributed by atoms with Crippen molar-refractivity contribution in [2.75, 3.05) is 0 Å². The Morgan fingerprint density at radius 1 is 0.920 bits per heavy atom. The Morgan fingerprint density at radius 3 is 1.84 bits per heavy atom. The third-order valence-corrected chi connectivity index (χ3v) is 9.64. The Bertz CT molecular complexity index is 697. The van der Waals surface area contributed by atoms with Crippen LogP contribution < -0.4 is 9.92 Å². The van der Waals surface area contributed by atoms with Crippen molar-refractivity contribution in [3.63, 3.8) is 0 Å². The summed E-state index contributed by atoms with van der Waals surface area (Å²) in [5, 5.41) is 14.4. The lowest BCUT2D eigenvalue weighted by Crippen LogP contribution is -2.57. The molecule has 0 atom stereocenters. The molecule has 0 N–H and O–H groups in total. The van der Waals surface area contributed by atoms with Gasteiger partial charge in [0.1, 0.15) is 6.61 Å². The second-order valence-electron chi connectivity index (χ2n) is 8.10. The molecule has 2 rings (SSSR count). The van der Waals surface area contributed by atoms with Gasteiger partial charge >= 0.3 is 6.01 Å². The van der Waals surface area contributed by atoms with Crippen LogP contribution in [0, 0.1) is 0 Å². The molecule has 25 heavy (non-hydrogen) atoms. The minimum absolute atomic E-state index is 0.0368. The Kier molecular flexibility index (Phi) is 5.49. The van der Waals surface area contributed by atoms with E-state index in [1.165, 1.54) is 0 Å². The zero-order chi connectivity index (χ0) is 18.9. The third-order valence-electron chi connectivity index (χ3n) is 4.22. The number of nitrogens with zero attached hydrogens (tertiary/aromatic N) is 4. The van der Waals surface area contributed by atoms with Crippen LogP contribution >= 0.6 is 11.6 Å².